The molecule has 3 unspecified atom stereocenters. The van der Waals surface area contributed by atoms with Gasteiger partial charge < -0.3 is 25.0 Å². The van der Waals surface area contributed by atoms with E-state index in [2.05, 4.69) is 36.5 Å². The number of aliphatic hydroxyl groups is 2. The summed E-state index contributed by atoms with van der Waals surface area (Å²) in [6.07, 6.45) is 1.39. The van der Waals surface area contributed by atoms with E-state index in [-0.39, 0.29) is 18.8 Å². The Labute approximate surface area is 176 Å². The average molecular weight is 418 g/mol. The van der Waals surface area contributed by atoms with Crippen molar-refractivity contribution in [3.63, 3.8) is 0 Å². The molecule has 1 saturated heterocycles. The van der Waals surface area contributed by atoms with E-state index in [0.29, 0.717) is 43.2 Å². The SMILES string of the molecule is CCc1ccc(Cc2cc(C3CC(O)CC(CO)O3)c3c(c2Cl)NCCO3)cc1. The second kappa shape index (κ2) is 8.92. The number of fused-ring (bicyclic) bond motifs is 1. The summed E-state index contributed by atoms with van der Waals surface area (Å²) in [6.45, 7) is 3.27. The maximum atomic E-state index is 10.3. The molecule has 2 aliphatic heterocycles. The van der Waals surface area contributed by atoms with Crippen LogP contribution in [0.25, 0.3) is 0 Å². The van der Waals surface area contributed by atoms with E-state index < -0.39 is 6.10 Å². The van der Waals surface area contributed by atoms with Gasteiger partial charge in [-0.05, 0) is 35.6 Å². The molecule has 0 radical (unpaired) electrons. The molecular formula is C23H28ClNO4. The van der Waals surface area contributed by atoms with Gasteiger partial charge in [0.1, 0.15) is 12.4 Å². The van der Waals surface area contributed by atoms with Crippen LogP contribution in [0.3, 0.4) is 0 Å². The van der Waals surface area contributed by atoms with Gasteiger partial charge in [0.2, 0.25) is 0 Å². The lowest BCUT2D eigenvalue weighted by atomic mass is 9.92. The van der Waals surface area contributed by atoms with E-state index in [1.54, 1.807) is 0 Å². The number of aryl methyl sites for hydroxylation is 1. The van der Waals surface area contributed by atoms with Crippen molar-refractivity contribution in [2.75, 3.05) is 25.1 Å². The van der Waals surface area contributed by atoms with Gasteiger partial charge >= 0.3 is 0 Å². The molecule has 6 heteroatoms. The first-order chi connectivity index (χ1) is 14.1. The van der Waals surface area contributed by atoms with Crippen LogP contribution in [-0.2, 0) is 17.6 Å². The Morgan fingerprint density at radius 1 is 1.17 bits per heavy atom. The van der Waals surface area contributed by atoms with E-state index in [4.69, 9.17) is 21.1 Å². The van der Waals surface area contributed by atoms with Crippen LogP contribution in [-0.4, -0.2) is 42.2 Å². The summed E-state index contributed by atoms with van der Waals surface area (Å²) in [5.74, 6) is 0.696. The first-order valence-corrected chi connectivity index (χ1v) is 10.7. The van der Waals surface area contributed by atoms with Gasteiger partial charge in [-0.2, -0.15) is 0 Å². The summed E-state index contributed by atoms with van der Waals surface area (Å²) in [5, 5.41) is 23.9. The van der Waals surface area contributed by atoms with E-state index in [0.717, 1.165) is 23.2 Å². The molecule has 5 nitrogen and oxygen atoms in total. The standard InChI is InChI=1S/C23H28ClNO4/c1-2-14-3-5-15(6-4-14)9-16-10-19(20-12-17(27)11-18(13-26)29-20)23-22(21(16)24)25-7-8-28-23/h3-6,10,17-18,20,25-27H,2,7-9,11-13H2,1H3. The van der Waals surface area contributed by atoms with E-state index in [9.17, 15) is 10.2 Å². The number of benzene rings is 2. The molecule has 29 heavy (non-hydrogen) atoms. The van der Waals surface area contributed by atoms with Gasteiger partial charge in [-0.1, -0.05) is 42.8 Å². The minimum atomic E-state index is -0.515. The van der Waals surface area contributed by atoms with Gasteiger partial charge in [0.25, 0.3) is 0 Å². The monoisotopic (exact) mass is 417 g/mol. The molecule has 0 aliphatic carbocycles. The number of ether oxygens (including phenoxy) is 2. The first-order valence-electron chi connectivity index (χ1n) is 10.3. The van der Waals surface area contributed by atoms with Gasteiger partial charge in [-0.25, -0.2) is 0 Å². The van der Waals surface area contributed by atoms with Gasteiger partial charge in [0.05, 0.1) is 35.6 Å². The van der Waals surface area contributed by atoms with Gasteiger partial charge in [0.15, 0.2) is 0 Å². The fourth-order valence-corrected chi connectivity index (χ4v) is 4.43. The molecular weight excluding hydrogens is 390 g/mol. The maximum absolute atomic E-state index is 10.3. The Morgan fingerprint density at radius 3 is 2.66 bits per heavy atom. The smallest absolute Gasteiger partial charge is 0.149 e. The Bertz CT molecular complexity index is 855. The molecule has 2 aromatic carbocycles. The Kier molecular flexibility index (Phi) is 6.30. The minimum Gasteiger partial charge on any atom is -0.489 e. The van der Waals surface area contributed by atoms with Crippen molar-refractivity contribution in [2.45, 2.75) is 50.9 Å². The predicted octanol–water partition coefficient (Wildman–Crippen LogP) is 3.87. The summed E-state index contributed by atoms with van der Waals surface area (Å²) in [6, 6.07) is 10.6. The number of halogens is 1. The van der Waals surface area contributed by atoms with Crippen molar-refractivity contribution >= 4 is 17.3 Å². The van der Waals surface area contributed by atoms with Crippen molar-refractivity contribution in [3.8, 4) is 5.75 Å². The van der Waals surface area contributed by atoms with Gasteiger partial charge in [0, 0.05) is 24.9 Å². The highest BCUT2D eigenvalue weighted by atomic mass is 35.5. The van der Waals surface area contributed by atoms with Crippen LogP contribution in [0.2, 0.25) is 5.02 Å². The van der Waals surface area contributed by atoms with Crippen LogP contribution >= 0.6 is 11.6 Å². The van der Waals surface area contributed by atoms with Crippen LogP contribution in [0.1, 0.15) is 48.1 Å². The molecule has 3 atom stereocenters. The third-order valence-electron chi connectivity index (χ3n) is 5.72. The molecule has 0 aromatic heterocycles. The molecule has 156 valence electrons. The number of aliphatic hydroxyl groups excluding tert-OH is 2. The Hall–Kier alpha value is -1.79. The van der Waals surface area contributed by atoms with Crippen LogP contribution < -0.4 is 10.1 Å². The molecule has 3 N–H and O–H groups in total. The third kappa shape index (κ3) is 4.38. The molecule has 2 aromatic rings. The molecule has 0 bridgehead atoms. The van der Waals surface area contributed by atoms with Crippen molar-refractivity contribution in [3.05, 3.63) is 57.6 Å². The van der Waals surface area contributed by atoms with Crippen LogP contribution in [0.15, 0.2) is 30.3 Å². The minimum absolute atomic E-state index is 0.112. The summed E-state index contributed by atoms with van der Waals surface area (Å²) in [5.41, 5.74) is 5.16. The van der Waals surface area contributed by atoms with Crippen molar-refractivity contribution < 1.29 is 19.7 Å². The van der Waals surface area contributed by atoms with Crippen LogP contribution in [0.4, 0.5) is 5.69 Å². The van der Waals surface area contributed by atoms with Crippen LogP contribution in [0, 0.1) is 0 Å². The molecule has 1 fully saturated rings. The highest BCUT2D eigenvalue weighted by Crippen LogP contribution is 2.46. The lowest BCUT2D eigenvalue weighted by Gasteiger charge is -2.35. The third-order valence-corrected chi connectivity index (χ3v) is 6.16. The Balaban J connectivity index is 1.71. The number of hydrogen-bond acceptors (Lipinski definition) is 5. The lowest BCUT2D eigenvalue weighted by Crippen LogP contribution is -2.34. The van der Waals surface area contributed by atoms with Gasteiger partial charge in [-0.15, -0.1) is 0 Å². The maximum Gasteiger partial charge on any atom is 0.149 e. The second-order valence-electron chi connectivity index (χ2n) is 7.82. The van der Waals surface area contributed by atoms with Crippen molar-refractivity contribution in [2.24, 2.45) is 0 Å². The highest BCUT2D eigenvalue weighted by Gasteiger charge is 2.33. The molecule has 2 heterocycles. The first kappa shape index (κ1) is 20.5. The van der Waals surface area contributed by atoms with E-state index >= 15 is 0 Å². The fraction of sp³-hybridized carbons (Fsp3) is 0.478. The topological polar surface area (TPSA) is 71.0 Å². The number of rotatable bonds is 5. The zero-order chi connectivity index (χ0) is 20.4. The molecule has 0 saturated carbocycles. The molecule has 0 spiro atoms. The second-order valence-corrected chi connectivity index (χ2v) is 8.20. The lowest BCUT2D eigenvalue weighted by molar-refractivity contribution is -0.114. The van der Waals surface area contributed by atoms with Gasteiger partial charge in [-0.3, -0.25) is 0 Å². The normalized spacial score (nSPS) is 23.8. The van der Waals surface area contributed by atoms with E-state index in [1.807, 2.05) is 6.07 Å². The Morgan fingerprint density at radius 2 is 1.93 bits per heavy atom. The average Bonchev–Trinajstić information content (AvgIpc) is 2.75. The van der Waals surface area contributed by atoms with Crippen molar-refractivity contribution in [1.29, 1.82) is 0 Å². The largest absolute Gasteiger partial charge is 0.489 e. The predicted molar refractivity (Wildman–Crippen MR) is 114 cm³/mol. The summed E-state index contributed by atoms with van der Waals surface area (Å²) >= 11 is 6.76. The highest BCUT2D eigenvalue weighted by molar-refractivity contribution is 6.34. The summed E-state index contributed by atoms with van der Waals surface area (Å²) in [4.78, 5) is 0. The molecule has 2 aliphatic rings. The quantitative estimate of drug-likeness (QED) is 0.688. The molecule has 4 rings (SSSR count). The zero-order valence-corrected chi connectivity index (χ0v) is 17.4. The number of anilines is 1. The number of hydrogen-bond donors (Lipinski definition) is 3. The van der Waals surface area contributed by atoms with Crippen LogP contribution in [0.5, 0.6) is 5.75 Å². The number of nitrogens with one attached hydrogen (secondary N) is 1. The van der Waals surface area contributed by atoms with Crippen molar-refractivity contribution in [1.82, 2.24) is 0 Å². The summed E-state index contributed by atoms with van der Waals surface area (Å²) < 4.78 is 12.0. The fourth-order valence-electron chi connectivity index (χ4n) is 4.15. The summed E-state index contributed by atoms with van der Waals surface area (Å²) in [7, 11) is 0. The van der Waals surface area contributed by atoms with E-state index in [1.165, 1.54) is 11.1 Å². The molecule has 0 amide bonds. The zero-order valence-electron chi connectivity index (χ0n) is 16.7.